The van der Waals surface area contributed by atoms with E-state index in [-0.39, 0.29) is 10.6 Å². The summed E-state index contributed by atoms with van der Waals surface area (Å²) in [4.78, 5) is 17.5. The molecule has 0 spiro atoms. The minimum atomic E-state index is -0.485. The number of rotatable bonds is 1. The van der Waals surface area contributed by atoms with Crippen LogP contribution in [0.1, 0.15) is 0 Å². The second-order valence-electron chi connectivity index (χ2n) is 2.95. The lowest BCUT2D eigenvalue weighted by Crippen LogP contribution is -2.08. The maximum Gasteiger partial charge on any atom is 0.258 e. The molecule has 1 aromatic heterocycles. The number of aromatic amines is 1. The molecular formula is C10H6ClFN2O. The third kappa shape index (κ3) is 2.05. The number of hydrogen-bond donors (Lipinski definition) is 1. The molecule has 3 nitrogen and oxygen atoms in total. The molecule has 0 bridgehead atoms. The van der Waals surface area contributed by atoms with E-state index in [0.717, 1.165) is 0 Å². The van der Waals surface area contributed by atoms with Gasteiger partial charge in [0.25, 0.3) is 5.56 Å². The predicted octanol–water partition coefficient (Wildman–Crippen LogP) is 2.23. The third-order valence-electron chi connectivity index (χ3n) is 1.89. The summed E-state index contributed by atoms with van der Waals surface area (Å²) in [6.45, 7) is 0. The average molecular weight is 225 g/mol. The lowest BCUT2D eigenvalue weighted by molar-refractivity contribution is 0.628. The van der Waals surface area contributed by atoms with Crippen LogP contribution in [0.3, 0.4) is 0 Å². The fourth-order valence-corrected chi connectivity index (χ4v) is 1.48. The number of hydrogen-bond acceptors (Lipinski definition) is 2. The number of halogens is 2. The van der Waals surface area contributed by atoms with Crippen molar-refractivity contribution in [3.8, 4) is 11.1 Å². The molecule has 2 aromatic rings. The summed E-state index contributed by atoms with van der Waals surface area (Å²) in [5.74, 6) is -0.485. The van der Waals surface area contributed by atoms with Crippen LogP contribution in [0.2, 0.25) is 5.02 Å². The first-order valence-corrected chi connectivity index (χ1v) is 4.54. The van der Waals surface area contributed by atoms with Gasteiger partial charge in [0.15, 0.2) is 0 Å². The highest BCUT2D eigenvalue weighted by atomic mass is 35.5. The molecule has 0 unspecified atom stereocenters. The second-order valence-corrected chi connectivity index (χ2v) is 3.39. The van der Waals surface area contributed by atoms with E-state index in [4.69, 9.17) is 11.6 Å². The van der Waals surface area contributed by atoms with Crippen molar-refractivity contribution in [2.24, 2.45) is 0 Å². The van der Waals surface area contributed by atoms with Crippen molar-refractivity contribution in [2.45, 2.75) is 0 Å². The van der Waals surface area contributed by atoms with Gasteiger partial charge in [0, 0.05) is 11.2 Å². The van der Waals surface area contributed by atoms with Gasteiger partial charge in [0.05, 0.1) is 11.9 Å². The summed E-state index contributed by atoms with van der Waals surface area (Å²) in [6.07, 6.45) is 2.64. The highest BCUT2D eigenvalue weighted by molar-refractivity contribution is 6.30. The van der Waals surface area contributed by atoms with Gasteiger partial charge in [0.1, 0.15) is 5.82 Å². The van der Waals surface area contributed by atoms with Crippen LogP contribution in [0, 0.1) is 5.82 Å². The zero-order valence-electron chi connectivity index (χ0n) is 7.50. The van der Waals surface area contributed by atoms with E-state index in [1.165, 1.54) is 30.7 Å². The van der Waals surface area contributed by atoms with Crippen LogP contribution in [0.15, 0.2) is 35.5 Å². The minimum Gasteiger partial charge on any atom is -0.313 e. The third-order valence-corrected chi connectivity index (χ3v) is 2.11. The molecule has 0 aliphatic carbocycles. The van der Waals surface area contributed by atoms with Crippen molar-refractivity contribution in [1.29, 1.82) is 0 Å². The van der Waals surface area contributed by atoms with Gasteiger partial charge in [-0.3, -0.25) is 4.79 Å². The van der Waals surface area contributed by atoms with Gasteiger partial charge >= 0.3 is 0 Å². The van der Waals surface area contributed by atoms with E-state index in [0.29, 0.717) is 11.1 Å². The van der Waals surface area contributed by atoms with Crippen LogP contribution in [0.5, 0.6) is 0 Å². The molecule has 5 heteroatoms. The summed E-state index contributed by atoms with van der Waals surface area (Å²) in [7, 11) is 0. The zero-order chi connectivity index (χ0) is 10.8. The first-order chi connectivity index (χ1) is 7.16. The van der Waals surface area contributed by atoms with Crippen molar-refractivity contribution < 1.29 is 4.39 Å². The largest absolute Gasteiger partial charge is 0.313 e. The SMILES string of the molecule is O=c1[nH]cncc1-c1cc(F)cc(Cl)c1. The van der Waals surface area contributed by atoms with E-state index < -0.39 is 5.82 Å². The molecular weight excluding hydrogens is 219 g/mol. The molecule has 0 amide bonds. The van der Waals surface area contributed by atoms with E-state index in [9.17, 15) is 9.18 Å². The van der Waals surface area contributed by atoms with Gasteiger partial charge in [-0.05, 0) is 23.8 Å². The Hall–Kier alpha value is -1.68. The molecule has 0 saturated heterocycles. The fraction of sp³-hybridized carbons (Fsp3) is 0. The Bertz CT molecular complexity index is 533. The maximum atomic E-state index is 13.0. The van der Waals surface area contributed by atoms with Crippen LogP contribution in [0.4, 0.5) is 4.39 Å². The molecule has 76 valence electrons. The summed E-state index contributed by atoms with van der Waals surface area (Å²) in [5, 5.41) is 0.244. The zero-order valence-corrected chi connectivity index (χ0v) is 8.25. The number of benzene rings is 1. The molecule has 15 heavy (non-hydrogen) atoms. The summed E-state index contributed by atoms with van der Waals surface area (Å²) in [6, 6.07) is 3.92. The van der Waals surface area contributed by atoms with E-state index >= 15 is 0 Å². The standard InChI is InChI=1S/C10H6ClFN2O/c11-7-1-6(2-8(12)3-7)9-4-13-5-14-10(9)15/h1-5H,(H,13,14,15). The van der Waals surface area contributed by atoms with Crippen molar-refractivity contribution >= 4 is 11.6 Å². The quantitative estimate of drug-likeness (QED) is 0.808. The second kappa shape index (κ2) is 3.82. The van der Waals surface area contributed by atoms with E-state index in [1.807, 2.05) is 0 Å². The van der Waals surface area contributed by atoms with Gasteiger partial charge in [-0.1, -0.05) is 11.6 Å². The fourth-order valence-electron chi connectivity index (χ4n) is 1.26. The lowest BCUT2D eigenvalue weighted by Gasteiger charge is -2.00. The normalized spacial score (nSPS) is 10.3. The Kier molecular flexibility index (Phi) is 2.51. The van der Waals surface area contributed by atoms with Gasteiger partial charge in [-0.2, -0.15) is 0 Å². The average Bonchev–Trinajstić information content (AvgIpc) is 2.16. The van der Waals surface area contributed by atoms with Gasteiger partial charge < -0.3 is 4.98 Å². The highest BCUT2D eigenvalue weighted by Crippen LogP contribution is 2.20. The Balaban J connectivity index is 2.64. The Morgan fingerprint density at radius 2 is 2.13 bits per heavy atom. The van der Waals surface area contributed by atoms with Crippen LogP contribution in [-0.4, -0.2) is 9.97 Å². The molecule has 0 fully saturated rings. The Morgan fingerprint density at radius 1 is 1.33 bits per heavy atom. The van der Waals surface area contributed by atoms with Crippen molar-refractivity contribution in [2.75, 3.05) is 0 Å². The molecule has 1 heterocycles. The molecule has 2 rings (SSSR count). The number of nitrogens with zero attached hydrogens (tertiary/aromatic N) is 1. The molecule has 0 saturated carbocycles. The van der Waals surface area contributed by atoms with Gasteiger partial charge in [0.2, 0.25) is 0 Å². The maximum absolute atomic E-state index is 13.0. The molecule has 0 aliphatic heterocycles. The highest BCUT2D eigenvalue weighted by Gasteiger charge is 2.05. The van der Waals surface area contributed by atoms with Crippen molar-refractivity contribution in [1.82, 2.24) is 9.97 Å². The van der Waals surface area contributed by atoms with E-state index in [1.54, 1.807) is 0 Å². The van der Waals surface area contributed by atoms with Gasteiger partial charge in [-0.25, -0.2) is 9.37 Å². The predicted molar refractivity (Wildman–Crippen MR) is 55.3 cm³/mol. The van der Waals surface area contributed by atoms with Crippen molar-refractivity contribution in [3.63, 3.8) is 0 Å². The molecule has 0 atom stereocenters. The molecule has 0 aliphatic rings. The summed E-state index contributed by atoms with van der Waals surface area (Å²) in [5.41, 5.74) is 0.375. The van der Waals surface area contributed by atoms with E-state index in [2.05, 4.69) is 9.97 Å². The molecule has 0 radical (unpaired) electrons. The first-order valence-electron chi connectivity index (χ1n) is 4.16. The van der Waals surface area contributed by atoms with Crippen LogP contribution < -0.4 is 5.56 Å². The summed E-state index contributed by atoms with van der Waals surface area (Å²) >= 11 is 5.68. The Morgan fingerprint density at radius 3 is 2.80 bits per heavy atom. The van der Waals surface area contributed by atoms with Gasteiger partial charge in [-0.15, -0.1) is 0 Å². The number of aromatic nitrogens is 2. The number of nitrogens with one attached hydrogen (secondary N) is 1. The summed E-state index contributed by atoms with van der Waals surface area (Å²) < 4.78 is 13.0. The lowest BCUT2D eigenvalue weighted by atomic mass is 10.1. The molecule has 1 N–H and O–H groups in total. The Labute approximate surface area is 89.6 Å². The number of H-pyrrole nitrogens is 1. The van der Waals surface area contributed by atoms with Crippen LogP contribution in [0.25, 0.3) is 11.1 Å². The minimum absolute atomic E-state index is 0.244. The van der Waals surface area contributed by atoms with Crippen molar-refractivity contribution in [3.05, 3.63) is 51.9 Å². The smallest absolute Gasteiger partial charge is 0.258 e. The molecule has 1 aromatic carbocycles. The van der Waals surface area contributed by atoms with Crippen LogP contribution in [-0.2, 0) is 0 Å². The first kappa shape index (κ1) is 9.86. The monoisotopic (exact) mass is 224 g/mol. The van der Waals surface area contributed by atoms with Crippen LogP contribution >= 0.6 is 11.6 Å². The topological polar surface area (TPSA) is 45.8 Å².